The van der Waals surface area contributed by atoms with Gasteiger partial charge in [-0.3, -0.25) is 9.78 Å². The van der Waals surface area contributed by atoms with Crippen molar-refractivity contribution in [3.05, 3.63) is 100 Å². The lowest BCUT2D eigenvalue weighted by Crippen LogP contribution is -2.17. The number of aromatic nitrogens is 1. The molecule has 4 rings (SSSR count). The zero-order valence-electron chi connectivity index (χ0n) is 18.0. The predicted molar refractivity (Wildman–Crippen MR) is 133 cm³/mol. The molecule has 33 heavy (non-hydrogen) atoms. The molecule has 0 aliphatic rings. The molecule has 7 heteroatoms. The van der Waals surface area contributed by atoms with E-state index in [4.69, 9.17) is 9.47 Å². The van der Waals surface area contributed by atoms with E-state index >= 15 is 0 Å². The number of pyridine rings is 1. The average Bonchev–Trinajstić information content (AvgIpc) is 2.84. The van der Waals surface area contributed by atoms with Gasteiger partial charge in [0, 0.05) is 12.4 Å². The number of amides is 1. The zero-order chi connectivity index (χ0) is 23.0. The Hall–Kier alpha value is -3.71. The second kappa shape index (κ2) is 10.7. The third-order valence-electron chi connectivity index (χ3n) is 4.89. The molecule has 1 aromatic heterocycles. The van der Waals surface area contributed by atoms with Crippen LogP contribution in [0.15, 0.2) is 88.7 Å². The molecule has 166 valence electrons. The van der Waals surface area contributed by atoms with Crippen LogP contribution in [0.25, 0.3) is 10.8 Å². The number of fused-ring (bicyclic) bond motifs is 1. The summed E-state index contributed by atoms with van der Waals surface area (Å²) >= 11 is 3.59. The first kappa shape index (κ1) is 22.5. The van der Waals surface area contributed by atoms with Crippen molar-refractivity contribution in [1.82, 2.24) is 10.4 Å². The third kappa shape index (κ3) is 5.56. The van der Waals surface area contributed by atoms with E-state index in [2.05, 4.69) is 55.7 Å². The second-order valence-electron chi connectivity index (χ2n) is 7.13. The van der Waals surface area contributed by atoms with Crippen molar-refractivity contribution < 1.29 is 14.3 Å². The lowest BCUT2D eigenvalue weighted by Gasteiger charge is -2.15. The van der Waals surface area contributed by atoms with Crippen molar-refractivity contribution in [2.75, 3.05) is 6.61 Å². The van der Waals surface area contributed by atoms with Gasteiger partial charge in [-0.15, -0.1) is 0 Å². The number of benzene rings is 3. The van der Waals surface area contributed by atoms with Crippen molar-refractivity contribution in [3.8, 4) is 11.5 Å². The smallest absolute Gasteiger partial charge is 0.272 e. The Labute approximate surface area is 200 Å². The SMILES string of the molecule is CCOc1cc(/C=N/NC(=O)c2cccnc2)cc(Br)c1OCc1cccc2ccccc12. The van der Waals surface area contributed by atoms with Crippen LogP contribution in [0.1, 0.15) is 28.4 Å². The normalized spacial score (nSPS) is 11.0. The van der Waals surface area contributed by atoms with E-state index in [9.17, 15) is 4.79 Å². The molecular formula is C26H22BrN3O3. The molecule has 1 heterocycles. The summed E-state index contributed by atoms with van der Waals surface area (Å²) in [5.41, 5.74) is 4.77. The molecule has 6 nitrogen and oxygen atoms in total. The first-order chi connectivity index (χ1) is 16.2. The zero-order valence-corrected chi connectivity index (χ0v) is 19.6. The van der Waals surface area contributed by atoms with E-state index in [1.54, 1.807) is 24.5 Å². The van der Waals surface area contributed by atoms with Gasteiger partial charge in [0.1, 0.15) is 6.61 Å². The summed E-state index contributed by atoms with van der Waals surface area (Å²) in [6, 6.07) is 21.4. The van der Waals surface area contributed by atoms with Gasteiger partial charge in [0.25, 0.3) is 5.91 Å². The van der Waals surface area contributed by atoms with Crippen LogP contribution in [-0.2, 0) is 6.61 Å². The van der Waals surface area contributed by atoms with Crippen molar-refractivity contribution in [2.24, 2.45) is 5.10 Å². The van der Waals surface area contributed by atoms with Gasteiger partial charge in [-0.05, 0) is 69.0 Å². The molecule has 0 radical (unpaired) electrons. The number of hydrogen-bond donors (Lipinski definition) is 1. The molecule has 0 aliphatic carbocycles. The number of nitrogens with zero attached hydrogens (tertiary/aromatic N) is 2. The van der Waals surface area contributed by atoms with Crippen LogP contribution in [-0.4, -0.2) is 23.7 Å². The molecule has 0 saturated heterocycles. The molecule has 0 spiro atoms. The highest BCUT2D eigenvalue weighted by molar-refractivity contribution is 9.10. The summed E-state index contributed by atoms with van der Waals surface area (Å²) in [6.07, 6.45) is 4.64. The standard InChI is InChI=1S/C26H22BrN3O3/c1-2-32-24-14-18(15-29-30-26(31)20-10-6-12-28-16-20)13-23(27)25(24)33-17-21-9-5-8-19-7-3-4-11-22(19)21/h3-16H,2,17H2,1H3,(H,30,31)/b29-15+. The Bertz CT molecular complexity index is 1290. The van der Waals surface area contributed by atoms with E-state index in [1.165, 1.54) is 11.6 Å². The first-order valence-electron chi connectivity index (χ1n) is 10.4. The maximum Gasteiger partial charge on any atom is 0.272 e. The van der Waals surface area contributed by atoms with Crippen LogP contribution >= 0.6 is 15.9 Å². The third-order valence-corrected chi connectivity index (χ3v) is 5.48. The Kier molecular flexibility index (Phi) is 7.32. The van der Waals surface area contributed by atoms with E-state index in [-0.39, 0.29) is 5.91 Å². The molecule has 3 aromatic carbocycles. The van der Waals surface area contributed by atoms with Gasteiger partial charge in [-0.1, -0.05) is 42.5 Å². The molecule has 0 atom stereocenters. The fourth-order valence-electron chi connectivity index (χ4n) is 3.36. The van der Waals surface area contributed by atoms with Gasteiger partial charge in [-0.25, -0.2) is 5.43 Å². The van der Waals surface area contributed by atoms with Gasteiger partial charge in [0.15, 0.2) is 11.5 Å². The lowest BCUT2D eigenvalue weighted by atomic mass is 10.1. The summed E-state index contributed by atoms with van der Waals surface area (Å²) in [5.74, 6) is 0.868. The van der Waals surface area contributed by atoms with Gasteiger partial charge in [-0.2, -0.15) is 5.10 Å². The van der Waals surface area contributed by atoms with Gasteiger partial charge in [0.2, 0.25) is 0 Å². The minimum absolute atomic E-state index is 0.335. The Balaban J connectivity index is 1.51. The molecular weight excluding hydrogens is 482 g/mol. The number of carbonyl (C=O) groups is 1. The molecule has 0 fully saturated rings. The fourth-order valence-corrected chi connectivity index (χ4v) is 3.94. The van der Waals surface area contributed by atoms with Crippen molar-refractivity contribution in [1.29, 1.82) is 0 Å². The molecule has 4 aromatic rings. The molecule has 1 amide bonds. The predicted octanol–water partition coefficient (Wildman–Crippen LogP) is 5.74. The summed E-state index contributed by atoms with van der Waals surface area (Å²) < 4.78 is 12.7. The van der Waals surface area contributed by atoms with Crippen LogP contribution < -0.4 is 14.9 Å². The highest BCUT2D eigenvalue weighted by Gasteiger charge is 2.13. The molecule has 0 saturated carbocycles. The highest BCUT2D eigenvalue weighted by Crippen LogP contribution is 2.37. The highest BCUT2D eigenvalue weighted by atomic mass is 79.9. The molecule has 0 aliphatic heterocycles. The Morgan fingerprint density at radius 3 is 2.76 bits per heavy atom. The van der Waals surface area contributed by atoms with Crippen LogP contribution in [0.3, 0.4) is 0 Å². The number of ether oxygens (including phenoxy) is 2. The average molecular weight is 504 g/mol. The number of hydrogen-bond acceptors (Lipinski definition) is 5. The summed E-state index contributed by atoms with van der Waals surface area (Å²) in [5, 5.41) is 6.37. The summed E-state index contributed by atoms with van der Waals surface area (Å²) in [4.78, 5) is 16.1. The van der Waals surface area contributed by atoms with Crippen LogP contribution in [0.2, 0.25) is 0 Å². The molecule has 1 N–H and O–H groups in total. The van der Waals surface area contributed by atoms with Crippen LogP contribution in [0.4, 0.5) is 0 Å². The number of nitrogens with one attached hydrogen (secondary N) is 1. The van der Waals surface area contributed by atoms with E-state index in [0.717, 1.165) is 21.0 Å². The van der Waals surface area contributed by atoms with Gasteiger partial charge < -0.3 is 9.47 Å². The monoisotopic (exact) mass is 503 g/mol. The maximum absolute atomic E-state index is 12.1. The molecule has 0 unspecified atom stereocenters. The number of rotatable bonds is 8. The van der Waals surface area contributed by atoms with E-state index in [1.807, 2.05) is 37.3 Å². The lowest BCUT2D eigenvalue weighted by molar-refractivity contribution is 0.0955. The second-order valence-corrected chi connectivity index (χ2v) is 7.99. The van der Waals surface area contributed by atoms with Crippen LogP contribution in [0.5, 0.6) is 11.5 Å². The quantitative estimate of drug-likeness (QED) is 0.246. The van der Waals surface area contributed by atoms with Crippen LogP contribution in [0, 0.1) is 0 Å². The van der Waals surface area contributed by atoms with Crippen molar-refractivity contribution in [2.45, 2.75) is 13.5 Å². The minimum atomic E-state index is -0.335. The van der Waals surface area contributed by atoms with Gasteiger partial charge in [0.05, 0.1) is 22.9 Å². The summed E-state index contributed by atoms with van der Waals surface area (Å²) in [6.45, 7) is 2.79. The largest absolute Gasteiger partial charge is 0.490 e. The number of halogens is 1. The minimum Gasteiger partial charge on any atom is -0.490 e. The van der Waals surface area contributed by atoms with E-state index < -0.39 is 0 Å². The Morgan fingerprint density at radius 2 is 1.94 bits per heavy atom. The fraction of sp³-hybridized carbons (Fsp3) is 0.115. The number of hydrazone groups is 1. The van der Waals surface area contributed by atoms with Gasteiger partial charge >= 0.3 is 0 Å². The Morgan fingerprint density at radius 1 is 1.09 bits per heavy atom. The number of carbonyl (C=O) groups excluding carboxylic acids is 1. The van der Waals surface area contributed by atoms with Crippen molar-refractivity contribution in [3.63, 3.8) is 0 Å². The summed E-state index contributed by atoms with van der Waals surface area (Å²) in [7, 11) is 0. The first-order valence-corrected chi connectivity index (χ1v) is 11.2. The van der Waals surface area contributed by atoms with E-state index in [0.29, 0.717) is 30.3 Å². The topological polar surface area (TPSA) is 72.8 Å². The van der Waals surface area contributed by atoms with Crippen molar-refractivity contribution >= 4 is 38.8 Å². The molecule has 0 bridgehead atoms. The maximum atomic E-state index is 12.1.